The van der Waals surface area contributed by atoms with E-state index in [9.17, 15) is 4.39 Å². The van der Waals surface area contributed by atoms with Crippen LogP contribution < -0.4 is 0 Å². The largest absolute Gasteiger partial charge is 0.239 e. The molecule has 0 N–H and O–H groups in total. The summed E-state index contributed by atoms with van der Waals surface area (Å²) in [5.41, 5.74) is 2.04. The minimum Gasteiger partial charge on any atom is -0.239 e. The average molecular weight is 211 g/mol. The molecule has 1 heterocycles. The van der Waals surface area contributed by atoms with E-state index in [1.807, 2.05) is 13.0 Å². The van der Waals surface area contributed by atoms with Crippen LogP contribution >= 0.6 is 11.9 Å². The molecule has 1 aliphatic heterocycles. The summed E-state index contributed by atoms with van der Waals surface area (Å²) in [4.78, 5) is 1.11. The molecule has 1 aromatic carbocycles. The maximum Gasteiger partial charge on any atom is 0.127 e. The maximum atomic E-state index is 13.3. The van der Waals surface area contributed by atoms with Gasteiger partial charge in [-0.05, 0) is 49.9 Å². The summed E-state index contributed by atoms with van der Waals surface area (Å²) < 4.78 is 15.5. The lowest BCUT2D eigenvalue weighted by atomic mass is 10.1. The van der Waals surface area contributed by atoms with Gasteiger partial charge in [-0.2, -0.15) is 0 Å². The summed E-state index contributed by atoms with van der Waals surface area (Å²) >= 11 is 1.68. The van der Waals surface area contributed by atoms with Gasteiger partial charge in [-0.15, -0.1) is 0 Å². The quantitative estimate of drug-likeness (QED) is 0.655. The Bertz CT molecular complexity index is 363. The zero-order valence-corrected chi connectivity index (χ0v) is 9.49. The SMILES string of the molecule is Cc1c(F)ccc2c1SN(C(C)C)C2. The molecule has 0 fully saturated rings. The lowest BCUT2D eigenvalue weighted by Gasteiger charge is -2.17. The van der Waals surface area contributed by atoms with E-state index in [-0.39, 0.29) is 5.82 Å². The van der Waals surface area contributed by atoms with E-state index in [4.69, 9.17) is 0 Å². The van der Waals surface area contributed by atoms with E-state index in [0.717, 1.165) is 17.0 Å². The highest BCUT2D eigenvalue weighted by Crippen LogP contribution is 2.39. The van der Waals surface area contributed by atoms with Crippen molar-refractivity contribution < 1.29 is 4.39 Å². The highest BCUT2D eigenvalue weighted by atomic mass is 32.2. The third kappa shape index (κ3) is 1.55. The lowest BCUT2D eigenvalue weighted by molar-refractivity contribution is 0.401. The van der Waals surface area contributed by atoms with Crippen LogP contribution in [0.2, 0.25) is 0 Å². The summed E-state index contributed by atoms with van der Waals surface area (Å²) in [6, 6.07) is 3.96. The first-order valence-corrected chi connectivity index (χ1v) is 5.59. The fourth-order valence-corrected chi connectivity index (χ4v) is 2.71. The van der Waals surface area contributed by atoms with Gasteiger partial charge < -0.3 is 0 Å². The van der Waals surface area contributed by atoms with Gasteiger partial charge in [0.2, 0.25) is 0 Å². The Morgan fingerprint density at radius 1 is 1.43 bits per heavy atom. The molecule has 1 nitrogen and oxygen atoms in total. The normalized spacial score (nSPS) is 16.4. The van der Waals surface area contributed by atoms with Crippen LogP contribution in [0.3, 0.4) is 0 Å². The van der Waals surface area contributed by atoms with Crippen LogP contribution in [-0.4, -0.2) is 10.3 Å². The Balaban J connectivity index is 2.36. The van der Waals surface area contributed by atoms with Crippen LogP contribution in [-0.2, 0) is 6.54 Å². The van der Waals surface area contributed by atoms with E-state index in [1.165, 1.54) is 5.56 Å². The van der Waals surface area contributed by atoms with Crippen molar-refractivity contribution in [1.29, 1.82) is 0 Å². The highest BCUT2D eigenvalue weighted by Gasteiger charge is 2.24. The minimum absolute atomic E-state index is 0.0955. The number of hydrogen-bond acceptors (Lipinski definition) is 2. The molecular formula is C11H14FNS. The number of rotatable bonds is 1. The third-order valence-electron chi connectivity index (χ3n) is 2.53. The van der Waals surface area contributed by atoms with Crippen LogP contribution in [0.25, 0.3) is 0 Å². The molecule has 0 amide bonds. The van der Waals surface area contributed by atoms with Gasteiger partial charge in [0.05, 0.1) is 0 Å². The molecule has 76 valence electrons. The number of benzene rings is 1. The average Bonchev–Trinajstić information content (AvgIpc) is 2.56. The fraction of sp³-hybridized carbons (Fsp3) is 0.455. The summed E-state index contributed by atoms with van der Waals surface area (Å²) in [5, 5.41) is 0. The second-order valence-electron chi connectivity index (χ2n) is 3.92. The van der Waals surface area contributed by atoms with Crippen molar-refractivity contribution in [2.45, 2.75) is 38.3 Å². The topological polar surface area (TPSA) is 3.24 Å². The molecule has 1 aromatic rings. The number of nitrogens with zero attached hydrogens (tertiary/aromatic N) is 1. The van der Waals surface area contributed by atoms with Gasteiger partial charge in [0.1, 0.15) is 5.82 Å². The summed E-state index contributed by atoms with van der Waals surface area (Å²) in [7, 11) is 0. The molecule has 0 radical (unpaired) electrons. The van der Waals surface area contributed by atoms with Crippen molar-refractivity contribution in [3.8, 4) is 0 Å². The molecule has 0 spiro atoms. The molecule has 0 aromatic heterocycles. The fourth-order valence-electron chi connectivity index (χ4n) is 1.58. The summed E-state index contributed by atoms with van der Waals surface area (Å²) in [5.74, 6) is -0.0955. The van der Waals surface area contributed by atoms with E-state index in [2.05, 4.69) is 18.2 Å². The van der Waals surface area contributed by atoms with Crippen molar-refractivity contribution >= 4 is 11.9 Å². The second kappa shape index (κ2) is 3.55. The molecule has 0 atom stereocenters. The van der Waals surface area contributed by atoms with E-state index in [0.29, 0.717) is 6.04 Å². The Hall–Kier alpha value is -0.540. The Kier molecular flexibility index (Phi) is 2.54. The Labute approximate surface area is 88.4 Å². The predicted octanol–water partition coefficient (Wildman–Crippen LogP) is 3.37. The third-order valence-corrected chi connectivity index (χ3v) is 4.07. The van der Waals surface area contributed by atoms with Gasteiger partial charge in [0.15, 0.2) is 0 Å². The van der Waals surface area contributed by atoms with Crippen LogP contribution in [0.4, 0.5) is 4.39 Å². The minimum atomic E-state index is -0.0955. The molecular weight excluding hydrogens is 197 g/mol. The van der Waals surface area contributed by atoms with Gasteiger partial charge in [0.25, 0.3) is 0 Å². The first-order chi connectivity index (χ1) is 6.59. The van der Waals surface area contributed by atoms with E-state index >= 15 is 0 Å². The van der Waals surface area contributed by atoms with Gasteiger partial charge in [-0.1, -0.05) is 6.07 Å². The molecule has 3 heteroatoms. The highest BCUT2D eigenvalue weighted by molar-refractivity contribution is 7.97. The van der Waals surface area contributed by atoms with Gasteiger partial charge in [0, 0.05) is 17.5 Å². The monoisotopic (exact) mass is 211 g/mol. The molecule has 0 bridgehead atoms. The standard InChI is InChI=1S/C11H14FNS/c1-7(2)13-6-9-4-5-10(12)8(3)11(9)14-13/h4-5,7H,6H2,1-3H3. The van der Waals surface area contributed by atoms with Crippen molar-refractivity contribution in [2.24, 2.45) is 0 Å². The van der Waals surface area contributed by atoms with Crippen molar-refractivity contribution in [1.82, 2.24) is 4.31 Å². The molecule has 1 aliphatic rings. The number of hydrogen-bond donors (Lipinski definition) is 0. The van der Waals surface area contributed by atoms with Gasteiger partial charge >= 0.3 is 0 Å². The van der Waals surface area contributed by atoms with E-state index in [1.54, 1.807) is 18.0 Å². The van der Waals surface area contributed by atoms with Crippen LogP contribution in [0.15, 0.2) is 17.0 Å². The number of fused-ring (bicyclic) bond motifs is 1. The molecule has 0 aliphatic carbocycles. The van der Waals surface area contributed by atoms with Crippen molar-refractivity contribution in [3.05, 3.63) is 29.1 Å². The van der Waals surface area contributed by atoms with Crippen LogP contribution in [0.1, 0.15) is 25.0 Å². The molecule has 0 saturated carbocycles. The van der Waals surface area contributed by atoms with Crippen LogP contribution in [0, 0.1) is 12.7 Å². The van der Waals surface area contributed by atoms with Gasteiger partial charge in [-0.25, -0.2) is 8.70 Å². The zero-order chi connectivity index (χ0) is 10.3. The number of halogens is 1. The van der Waals surface area contributed by atoms with Crippen molar-refractivity contribution in [2.75, 3.05) is 0 Å². The molecule has 14 heavy (non-hydrogen) atoms. The molecule has 0 unspecified atom stereocenters. The summed E-state index contributed by atoms with van der Waals surface area (Å²) in [6.45, 7) is 7.10. The maximum absolute atomic E-state index is 13.3. The smallest absolute Gasteiger partial charge is 0.127 e. The first kappa shape index (κ1) is 9.99. The molecule has 2 rings (SSSR count). The first-order valence-electron chi connectivity index (χ1n) is 4.82. The Morgan fingerprint density at radius 3 is 2.79 bits per heavy atom. The lowest BCUT2D eigenvalue weighted by Crippen LogP contribution is -2.18. The van der Waals surface area contributed by atoms with Crippen molar-refractivity contribution in [3.63, 3.8) is 0 Å². The second-order valence-corrected chi connectivity index (χ2v) is 4.98. The van der Waals surface area contributed by atoms with E-state index < -0.39 is 0 Å². The zero-order valence-electron chi connectivity index (χ0n) is 8.67. The summed E-state index contributed by atoms with van der Waals surface area (Å²) in [6.07, 6.45) is 0. The predicted molar refractivity (Wildman–Crippen MR) is 57.7 cm³/mol. The Morgan fingerprint density at radius 2 is 2.14 bits per heavy atom. The van der Waals surface area contributed by atoms with Crippen LogP contribution in [0.5, 0.6) is 0 Å². The van der Waals surface area contributed by atoms with Gasteiger partial charge in [-0.3, -0.25) is 0 Å². The molecule has 0 saturated heterocycles.